The van der Waals surface area contributed by atoms with Crippen LogP contribution in [0.2, 0.25) is 0 Å². The Morgan fingerprint density at radius 1 is 0.304 bits per heavy atom. The summed E-state index contributed by atoms with van der Waals surface area (Å²) in [5, 5.41) is 30.2. The number of fused-ring (bicyclic) bond motifs is 2. The summed E-state index contributed by atoms with van der Waals surface area (Å²) in [5.74, 6) is 13.9. The predicted octanol–water partition coefficient (Wildman–Crippen LogP) is 12.8. The Balaban J connectivity index is 1.29. The predicted molar refractivity (Wildman–Crippen MR) is 230 cm³/mol. The molecule has 0 aromatic heterocycles. The second-order valence-corrected chi connectivity index (χ2v) is 14.0. The minimum atomic E-state index is 0.608. The fourth-order valence-electron chi connectivity index (χ4n) is 7.93. The topological polar surface area (TPSA) is 47.6 Å². The van der Waals surface area contributed by atoms with Gasteiger partial charge >= 0.3 is 0 Å². The molecule has 0 atom stereocenters. The summed E-state index contributed by atoms with van der Waals surface area (Å²) < 4.78 is 0. The normalized spacial score (nSPS) is 10.9. The van der Waals surface area contributed by atoms with Gasteiger partial charge in [0.25, 0.3) is 0 Å². The van der Waals surface area contributed by atoms with Crippen molar-refractivity contribution in [3.8, 4) is 58.1 Å². The molecule has 0 amide bonds. The number of hydrogen-bond acceptors (Lipinski definition) is 2. The van der Waals surface area contributed by atoms with Crippen molar-refractivity contribution in [2.75, 3.05) is 0 Å². The Kier molecular flexibility index (Phi) is 7.76. The molecule has 0 saturated carbocycles. The quantitative estimate of drug-likeness (QED) is 0.133. The van der Waals surface area contributed by atoms with Crippen LogP contribution in [0.1, 0.15) is 33.4 Å². The van der Waals surface area contributed by atoms with Crippen LogP contribution in [0.25, 0.3) is 76.1 Å². The van der Waals surface area contributed by atoms with Crippen molar-refractivity contribution in [2.45, 2.75) is 0 Å². The average Bonchev–Trinajstić information content (AvgIpc) is 3.26. The van der Waals surface area contributed by atoms with Crippen molar-refractivity contribution in [2.24, 2.45) is 0 Å². The SMILES string of the molecule is N#Cc1ccc(C#Cc2cc(-c3ccc4ccccc4c3)c3ccc4c(C#Cc5ccc(C#N)cc5)cc(-c5ccc6ccccc6c5)c5ccc2c3c45)cc1. The molecule has 2 heteroatoms. The molecule has 0 aliphatic carbocycles. The maximum Gasteiger partial charge on any atom is 0.0991 e. The summed E-state index contributed by atoms with van der Waals surface area (Å²) in [4.78, 5) is 0. The summed E-state index contributed by atoms with van der Waals surface area (Å²) in [6.45, 7) is 0. The van der Waals surface area contributed by atoms with Gasteiger partial charge in [-0.3, -0.25) is 0 Å². The van der Waals surface area contributed by atoms with Crippen LogP contribution >= 0.6 is 0 Å². The summed E-state index contributed by atoms with van der Waals surface area (Å²) in [7, 11) is 0. The van der Waals surface area contributed by atoms with E-state index in [0.29, 0.717) is 11.1 Å². The van der Waals surface area contributed by atoms with Crippen molar-refractivity contribution in [3.63, 3.8) is 0 Å². The van der Waals surface area contributed by atoms with E-state index in [2.05, 4.69) is 157 Å². The van der Waals surface area contributed by atoms with Crippen LogP contribution in [0.15, 0.2) is 170 Å². The van der Waals surface area contributed by atoms with Crippen LogP contribution in [0, 0.1) is 46.3 Å². The van der Waals surface area contributed by atoms with Crippen molar-refractivity contribution in [3.05, 3.63) is 203 Å². The minimum absolute atomic E-state index is 0.608. The number of rotatable bonds is 2. The smallest absolute Gasteiger partial charge is 0.0991 e. The Morgan fingerprint density at radius 3 is 1.09 bits per heavy atom. The van der Waals surface area contributed by atoms with Crippen molar-refractivity contribution in [1.82, 2.24) is 0 Å². The number of nitrogens with zero attached hydrogens (tertiary/aromatic N) is 2. The van der Waals surface area contributed by atoms with E-state index in [0.717, 1.165) is 76.8 Å². The Morgan fingerprint density at radius 2 is 0.679 bits per heavy atom. The van der Waals surface area contributed by atoms with Gasteiger partial charge in [-0.15, -0.1) is 0 Å². The highest BCUT2D eigenvalue weighted by Crippen LogP contribution is 2.45. The molecule has 0 spiro atoms. The van der Waals surface area contributed by atoms with Crippen molar-refractivity contribution < 1.29 is 0 Å². The monoisotopic (exact) mass is 704 g/mol. The first-order valence-electron chi connectivity index (χ1n) is 18.4. The van der Waals surface area contributed by atoms with Gasteiger partial charge in [-0.05, 0) is 149 Å². The fraction of sp³-hybridized carbons (Fsp3) is 0. The van der Waals surface area contributed by atoms with Gasteiger partial charge < -0.3 is 0 Å². The highest BCUT2D eigenvalue weighted by Gasteiger charge is 2.19. The lowest BCUT2D eigenvalue weighted by atomic mass is 9.83. The van der Waals surface area contributed by atoms with E-state index in [1.165, 1.54) is 21.5 Å². The van der Waals surface area contributed by atoms with Crippen LogP contribution in [-0.4, -0.2) is 0 Å². The lowest BCUT2D eigenvalue weighted by Gasteiger charge is -2.19. The molecule has 0 saturated heterocycles. The first-order valence-corrected chi connectivity index (χ1v) is 18.4. The maximum atomic E-state index is 9.36. The second kappa shape index (κ2) is 13.4. The number of hydrogen-bond donors (Lipinski definition) is 0. The van der Waals surface area contributed by atoms with E-state index in [-0.39, 0.29) is 0 Å². The van der Waals surface area contributed by atoms with E-state index in [1.807, 2.05) is 48.5 Å². The van der Waals surface area contributed by atoms with Crippen molar-refractivity contribution in [1.29, 1.82) is 10.5 Å². The van der Waals surface area contributed by atoms with E-state index < -0.39 is 0 Å². The molecule has 0 unspecified atom stereocenters. The molecule has 0 N–H and O–H groups in total. The molecule has 0 fully saturated rings. The number of nitriles is 2. The first kappa shape index (κ1) is 32.5. The van der Waals surface area contributed by atoms with E-state index in [9.17, 15) is 10.5 Å². The van der Waals surface area contributed by atoms with Gasteiger partial charge in [-0.2, -0.15) is 10.5 Å². The molecular weight excluding hydrogens is 677 g/mol. The second-order valence-electron chi connectivity index (χ2n) is 14.0. The van der Waals surface area contributed by atoms with Gasteiger partial charge in [-0.1, -0.05) is 121 Å². The molecule has 56 heavy (non-hydrogen) atoms. The molecule has 254 valence electrons. The summed E-state index contributed by atoms with van der Waals surface area (Å²) in [6.07, 6.45) is 0. The zero-order valence-corrected chi connectivity index (χ0v) is 30.1. The van der Waals surface area contributed by atoms with Gasteiger partial charge in [0.15, 0.2) is 0 Å². The molecule has 10 aromatic rings. The average molecular weight is 705 g/mol. The summed E-state index contributed by atoms with van der Waals surface area (Å²) >= 11 is 0. The summed E-state index contributed by atoms with van der Waals surface area (Å²) in [6, 6.07) is 62.9. The third-order valence-electron chi connectivity index (χ3n) is 10.7. The third-order valence-corrected chi connectivity index (χ3v) is 10.7. The highest BCUT2D eigenvalue weighted by atomic mass is 14.2. The highest BCUT2D eigenvalue weighted by molar-refractivity contribution is 6.29. The van der Waals surface area contributed by atoms with E-state index >= 15 is 0 Å². The van der Waals surface area contributed by atoms with Gasteiger partial charge in [0.1, 0.15) is 0 Å². The molecule has 0 radical (unpaired) electrons. The van der Waals surface area contributed by atoms with Gasteiger partial charge in [0, 0.05) is 22.3 Å². The summed E-state index contributed by atoms with van der Waals surface area (Å²) in [5.41, 5.74) is 9.25. The Bertz CT molecular complexity index is 3190. The zero-order chi connectivity index (χ0) is 37.6. The lowest BCUT2D eigenvalue weighted by molar-refractivity contribution is 1.48. The van der Waals surface area contributed by atoms with Crippen LogP contribution in [0.5, 0.6) is 0 Å². The maximum absolute atomic E-state index is 9.36. The lowest BCUT2D eigenvalue weighted by Crippen LogP contribution is -1.94. The van der Waals surface area contributed by atoms with Gasteiger partial charge in [-0.25, -0.2) is 0 Å². The molecule has 10 aromatic carbocycles. The molecule has 10 rings (SSSR count). The standard InChI is InChI=1S/C54H28N2/c55-33-37-13-9-35(10-14-37)17-19-45-31-51(43-23-21-39-5-1-3-7-41(39)29-43)49-27-25-48-46(20-18-36-11-15-38(34-56)16-12-36)32-52(50-28-26-47(45)53(49)54(48)50)44-24-22-40-6-2-4-8-42(40)30-44/h1-16,21-32H. The molecule has 0 bridgehead atoms. The van der Waals surface area contributed by atoms with Crippen LogP contribution in [0.3, 0.4) is 0 Å². The van der Waals surface area contributed by atoms with Gasteiger partial charge in [0.05, 0.1) is 23.3 Å². The first-order chi connectivity index (χ1) is 27.6. The van der Waals surface area contributed by atoms with Crippen LogP contribution < -0.4 is 0 Å². The molecule has 0 heterocycles. The molecule has 2 nitrogen and oxygen atoms in total. The van der Waals surface area contributed by atoms with E-state index in [1.54, 1.807) is 0 Å². The Hall–Kier alpha value is -8.14. The van der Waals surface area contributed by atoms with Gasteiger partial charge in [0.2, 0.25) is 0 Å². The van der Waals surface area contributed by atoms with E-state index in [4.69, 9.17) is 0 Å². The number of benzene rings is 10. The zero-order valence-electron chi connectivity index (χ0n) is 30.1. The minimum Gasteiger partial charge on any atom is -0.192 e. The van der Waals surface area contributed by atoms with Crippen LogP contribution in [0.4, 0.5) is 0 Å². The molecule has 0 aliphatic heterocycles. The molecular formula is C54H28N2. The van der Waals surface area contributed by atoms with Crippen LogP contribution in [-0.2, 0) is 0 Å². The Labute approximate surface area is 324 Å². The largest absolute Gasteiger partial charge is 0.192 e. The molecule has 0 aliphatic rings. The van der Waals surface area contributed by atoms with Crippen molar-refractivity contribution >= 4 is 53.9 Å². The third kappa shape index (κ3) is 5.65. The fourth-order valence-corrected chi connectivity index (χ4v) is 7.93.